The largest absolute Gasteiger partial charge is 0.472 e. The zero-order chi connectivity index (χ0) is 72.4. The SMILES string of the molecule is CC(C)CCCCCCCCCCCCCCCCCCC(=O)OC[C@H](COP(=O)(O)OC[C@@H](O)COP(=O)(O)OC[C@@H](COC(=O)CCCCCCCCC(C)C)OC(=O)CCCCCCCCCCC(C)C)OC(=O)CCCCCCCCCCCCCCCCCCC(C)C. The van der Waals surface area contributed by atoms with Crippen molar-refractivity contribution in [2.24, 2.45) is 23.7 Å². The predicted molar refractivity (Wildman–Crippen MR) is 400 cm³/mol. The monoisotopic (exact) mass is 1440 g/mol. The number of carbonyl (C=O) groups is 4. The molecule has 0 aliphatic heterocycles. The Morgan fingerprint density at radius 1 is 0.255 bits per heavy atom. The van der Waals surface area contributed by atoms with E-state index in [2.05, 4.69) is 55.4 Å². The molecule has 3 N–H and O–H groups in total. The van der Waals surface area contributed by atoms with Gasteiger partial charge in [-0.25, -0.2) is 9.13 Å². The van der Waals surface area contributed by atoms with Gasteiger partial charge in [-0.05, 0) is 49.4 Å². The normalized spacial score (nSPS) is 14.1. The maximum Gasteiger partial charge on any atom is 0.472 e. The summed E-state index contributed by atoms with van der Waals surface area (Å²) < 4.78 is 68.6. The van der Waals surface area contributed by atoms with Gasteiger partial charge in [0.05, 0.1) is 26.4 Å². The van der Waals surface area contributed by atoms with Gasteiger partial charge in [-0.3, -0.25) is 37.3 Å². The Labute approximate surface area is 600 Å². The molecule has 0 amide bonds. The summed E-state index contributed by atoms with van der Waals surface area (Å²) in [6, 6.07) is 0. The number of phosphoric acid groups is 2. The summed E-state index contributed by atoms with van der Waals surface area (Å²) in [6.45, 7) is 14.2. The summed E-state index contributed by atoms with van der Waals surface area (Å²) in [5.74, 6) is 0.899. The number of aliphatic hydroxyl groups excluding tert-OH is 1. The lowest BCUT2D eigenvalue weighted by atomic mass is 10.0. The van der Waals surface area contributed by atoms with E-state index in [9.17, 15) is 43.2 Å². The van der Waals surface area contributed by atoms with Crippen molar-refractivity contribution in [3.05, 3.63) is 0 Å². The first-order chi connectivity index (χ1) is 47.1. The number of esters is 4. The molecular weight excluding hydrogens is 1280 g/mol. The third-order valence-electron chi connectivity index (χ3n) is 18.3. The van der Waals surface area contributed by atoms with E-state index in [1.807, 2.05) is 0 Å². The molecule has 0 aliphatic rings. The van der Waals surface area contributed by atoms with Gasteiger partial charge in [0.2, 0.25) is 0 Å². The number of ether oxygens (including phenoxy) is 4. The topological polar surface area (TPSA) is 237 Å². The minimum atomic E-state index is -4.96. The molecule has 2 unspecified atom stereocenters. The van der Waals surface area contributed by atoms with Gasteiger partial charge in [-0.2, -0.15) is 0 Å². The maximum atomic E-state index is 13.1. The number of aliphatic hydroxyl groups is 1. The van der Waals surface area contributed by atoms with Gasteiger partial charge >= 0.3 is 39.5 Å². The number of hydrogen-bond donors (Lipinski definition) is 3. The van der Waals surface area contributed by atoms with Crippen molar-refractivity contribution < 1.29 is 80.2 Å². The van der Waals surface area contributed by atoms with Crippen molar-refractivity contribution in [2.45, 2.75) is 420 Å². The van der Waals surface area contributed by atoms with E-state index >= 15 is 0 Å². The number of rotatable bonds is 76. The summed E-state index contributed by atoms with van der Waals surface area (Å²) in [4.78, 5) is 72.8. The van der Waals surface area contributed by atoms with Crippen LogP contribution in [0.5, 0.6) is 0 Å². The Morgan fingerprint density at radius 3 is 0.633 bits per heavy atom. The molecule has 0 aliphatic carbocycles. The first-order valence-electron chi connectivity index (χ1n) is 40.7. The highest BCUT2D eigenvalue weighted by Crippen LogP contribution is 2.45. The summed E-state index contributed by atoms with van der Waals surface area (Å²) >= 11 is 0. The van der Waals surface area contributed by atoms with Gasteiger partial charge in [0, 0.05) is 25.7 Å². The highest BCUT2D eigenvalue weighted by Gasteiger charge is 2.30. The van der Waals surface area contributed by atoms with Crippen molar-refractivity contribution >= 4 is 39.5 Å². The molecule has 0 aromatic carbocycles. The number of unbranched alkanes of at least 4 members (excludes halogenated alkanes) is 42. The van der Waals surface area contributed by atoms with Crippen LogP contribution < -0.4 is 0 Å². The highest BCUT2D eigenvalue weighted by atomic mass is 31.2. The summed E-state index contributed by atoms with van der Waals surface area (Å²) in [7, 11) is -9.92. The average Bonchev–Trinajstić information content (AvgIpc) is 1.02. The van der Waals surface area contributed by atoms with Gasteiger partial charge < -0.3 is 33.8 Å². The zero-order valence-corrected chi connectivity index (χ0v) is 66.2. The standard InChI is InChI=1S/C79H154O17P2/c1-69(2)55-47-39-31-25-21-17-13-9-11-15-19-23-27-34-43-51-59-76(81)89-65-74(95-78(83)61-53-45-35-28-24-20-16-12-10-14-18-22-26-32-40-48-56-70(3)4)67-93-97(85,86)91-63-73(80)64-92-98(87,88)94-68-75(66-90-77(82)60-52-44-38-37-42-50-58-72(7)8)96-79(84)62-54-46-36-30-29-33-41-49-57-71(5)6/h69-75,80H,9-68H2,1-8H3,(H,85,86)(H,87,88)/t73-,74-,75-/m1/s1. The highest BCUT2D eigenvalue weighted by molar-refractivity contribution is 7.47. The van der Waals surface area contributed by atoms with Crippen molar-refractivity contribution in [3.63, 3.8) is 0 Å². The molecule has 0 heterocycles. The molecule has 582 valence electrons. The second kappa shape index (κ2) is 68.2. The fourth-order valence-electron chi connectivity index (χ4n) is 12.1. The van der Waals surface area contributed by atoms with Gasteiger partial charge in [0.1, 0.15) is 19.3 Å². The Bertz CT molecular complexity index is 1920. The minimum Gasteiger partial charge on any atom is -0.462 e. The predicted octanol–water partition coefficient (Wildman–Crippen LogP) is 23.2. The van der Waals surface area contributed by atoms with Crippen LogP contribution in [-0.4, -0.2) is 96.7 Å². The molecule has 0 saturated heterocycles. The van der Waals surface area contributed by atoms with Crippen LogP contribution in [0.4, 0.5) is 0 Å². The number of carbonyl (C=O) groups excluding carboxylic acids is 4. The van der Waals surface area contributed by atoms with Gasteiger partial charge in [-0.15, -0.1) is 0 Å². The van der Waals surface area contributed by atoms with Crippen LogP contribution in [0.15, 0.2) is 0 Å². The molecule has 0 fully saturated rings. The van der Waals surface area contributed by atoms with Gasteiger partial charge in [-0.1, -0.05) is 351 Å². The number of phosphoric ester groups is 2. The van der Waals surface area contributed by atoms with Crippen molar-refractivity contribution in [3.8, 4) is 0 Å². The second-order valence-electron chi connectivity index (χ2n) is 30.4. The van der Waals surface area contributed by atoms with E-state index in [1.54, 1.807) is 0 Å². The summed E-state index contributed by atoms with van der Waals surface area (Å²) in [5, 5.41) is 10.6. The molecule has 0 bridgehead atoms. The first kappa shape index (κ1) is 96.1. The maximum absolute atomic E-state index is 13.1. The molecule has 0 saturated carbocycles. The third kappa shape index (κ3) is 72.4. The molecule has 0 radical (unpaired) electrons. The van der Waals surface area contributed by atoms with Gasteiger partial charge in [0.15, 0.2) is 12.2 Å². The smallest absolute Gasteiger partial charge is 0.462 e. The van der Waals surface area contributed by atoms with E-state index in [1.165, 1.54) is 199 Å². The van der Waals surface area contributed by atoms with Crippen LogP contribution in [0.3, 0.4) is 0 Å². The third-order valence-corrected chi connectivity index (χ3v) is 20.2. The van der Waals surface area contributed by atoms with Crippen LogP contribution in [0.25, 0.3) is 0 Å². The van der Waals surface area contributed by atoms with E-state index in [0.717, 1.165) is 114 Å². The van der Waals surface area contributed by atoms with Crippen LogP contribution in [0, 0.1) is 23.7 Å². The Morgan fingerprint density at radius 2 is 0.429 bits per heavy atom. The second-order valence-corrected chi connectivity index (χ2v) is 33.3. The molecule has 0 aromatic rings. The first-order valence-corrected chi connectivity index (χ1v) is 43.7. The van der Waals surface area contributed by atoms with E-state index in [0.29, 0.717) is 31.6 Å². The van der Waals surface area contributed by atoms with Crippen molar-refractivity contribution in [1.29, 1.82) is 0 Å². The molecule has 19 heteroatoms. The van der Waals surface area contributed by atoms with E-state index < -0.39 is 97.5 Å². The average molecular weight is 1440 g/mol. The Balaban J connectivity index is 5.21. The molecule has 0 spiro atoms. The van der Waals surface area contributed by atoms with Crippen LogP contribution in [0.2, 0.25) is 0 Å². The molecule has 0 rings (SSSR count). The Kier molecular flexibility index (Phi) is 66.8. The molecule has 5 atom stereocenters. The lowest BCUT2D eigenvalue weighted by Crippen LogP contribution is -2.30. The zero-order valence-electron chi connectivity index (χ0n) is 64.4. The molecule has 17 nitrogen and oxygen atoms in total. The van der Waals surface area contributed by atoms with Crippen LogP contribution in [-0.2, 0) is 65.4 Å². The summed E-state index contributed by atoms with van der Waals surface area (Å²) in [6.07, 6.45) is 54.4. The molecular formula is C79H154O17P2. The number of hydrogen-bond acceptors (Lipinski definition) is 15. The van der Waals surface area contributed by atoms with E-state index in [4.69, 9.17) is 37.0 Å². The fraction of sp³-hybridized carbons (Fsp3) is 0.949. The summed E-state index contributed by atoms with van der Waals surface area (Å²) in [5.41, 5.74) is 0. The lowest BCUT2D eigenvalue weighted by Gasteiger charge is -2.21. The quantitative estimate of drug-likeness (QED) is 0.0222. The van der Waals surface area contributed by atoms with Crippen molar-refractivity contribution in [1.82, 2.24) is 0 Å². The molecule has 0 aromatic heterocycles. The van der Waals surface area contributed by atoms with Crippen LogP contribution >= 0.6 is 15.6 Å². The molecule has 98 heavy (non-hydrogen) atoms. The van der Waals surface area contributed by atoms with Crippen molar-refractivity contribution in [2.75, 3.05) is 39.6 Å². The Hall–Kier alpha value is -1.94. The van der Waals surface area contributed by atoms with Gasteiger partial charge in [0.25, 0.3) is 0 Å². The van der Waals surface area contributed by atoms with Crippen LogP contribution in [0.1, 0.15) is 402 Å². The minimum absolute atomic E-state index is 0.103. The lowest BCUT2D eigenvalue weighted by molar-refractivity contribution is -0.161. The fourth-order valence-corrected chi connectivity index (χ4v) is 13.7. The van der Waals surface area contributed by atoms with E-state index in [-0.39, 0.29) is 25.7 Å².